The van der Waals surface area contributed by atoms with Crippen LogP contribution >= 0.6 is 0 Å². The van der Waals surface area contributed by atoms with E-state index >= 15 is 0 Å². The third-order valence-corrected chi connectivity index (χ3v) is 6.13. The number of furan rings is 1. The fourth-order valence-corrected chi connectivity index (χ4v) is 4.11. The van der Waals surface area contributed by atoms with E-state index < -0.39 is 0 Å². The summed E-state index contributed by atoms with van der Waals surface area (Å²) in [7, 11) is 1.62. The number of benzene rings is 2. The third kappa shape index (κ3) is 4.21. The largest absolute Gasteiger partial charge is 0.497 e. The van der Waals surface area contributed by atoms with Gasteiger partial charge in [0.25, 0.3) is 5.91 Å². The van der Waals surface area contributed by atoms with Crippen molar-refractivity contribution in [1.29, 1.82) is 0 Å². The molecule has 1 aliphatic rings. The van der Waals surface area contributed by atoms with Gasteiger partial charge in [-0.2, -0.15) is 4.98 Å². The van der Waals surface area contributed by atoms with Crippen LogP contribution in [0.15, 0.2) is 51.4 Å². The molecule has 1 aliphatic heterocycles. The molecule has 8 heteroatoms. The topological polar surface area (TPSA) is 84.8 Å². The van der Waals surface area contributed by atoms with Crippen molar-refractivity contribution in [3.63, 3.8) is 0 Å². The fourth-order valence-electron chi connectivity index (χ4n) is 4.11. The summed E-state index contributed by atoms with van der Waals surface area (Å²) in [6.07, 6.45) is 0. The normalized spacial score (nSPS) is 14.7. The third-order valence-electron chi connectivity index (χ3n) is 6.13. The molecule has 170 valence electrons. The van der Waals surface area contributed by atoms with Crippen LogP contribution in [0, 0.1) is 13.8 Å². The first-order valence-electron chi connectivity index (χ1n) is 11.0. The summed E-state index contributed by atoms with van der Waals surface area (Å²) in [5.41, 5.74) is 3.65. The zero-order valence-corrected chi connectivity index (χ0v) is 19.0. The molecule has 2 aromatic carbocycles. The van der Waals surface area contributed by atoms with Gasteiger partial charge >= 0.3 is 0 Å². The maximum Gasteiger partial charge on any atom is 0.289 e. The molecule has 1 amide bonds. The summed E-state index contributed by atoms with van der Waals surface area (Å²) in [5, 5.41) is 5.01. The number of aromatic nitrogens is 2. The molecule has 4 aromatic rings. The molecule has 0 unspecified atom stereocenters. The Labute approximate surface area is 191 Å². The average Bonchev–Trinajstić information content (AvgIpc) is 3.44. The fraction of sp³-hybridized carbons (Fsp3) is 0.320. The Morgan fingerprint density at radius 1 is 1.06 bits per heavy atom. The van der Waals surface area contributed by atoms with Crippen molar-refractivity contribution in [2.24, 2.45) is 0 Å². The van der Waals surface area contributed by atoms with Gasteiger partial charge in [-0.25, -0.2) is 0 Å². The van der Waals surface area contributed by atoms with E-state index in [1.165, 1.54) is 5.56 Å². The molecule has 33 heavy (non-hydrogen) atoms. The zero-order valence-electron chi connectivity index (χ0n) is 19.0. The lowest BCUT2D eigenvalue weighted by Crippen LogP contribution is -2.48. The lowest BCUT2D eigenvalue weighted by Gasteiger charge is -2.33. The lowest BCUT2D eigenvalue weighted by molar-refractivity contribution is 0.0586. The smallest absolute Gasteiger partial charge is 0.289 e. The zero-order chi connectivity index (χ0) is 22.9. The van der Waals surface area contributed by atoms with E-state index in [4.69, 9.17) is 13.7 Å². The number of piperazine rings is 1. The molecule has 5 rings (SSSR count). The molecule has 2 aromatic heterocycles. The molecule has 0 N–H and O–H groups in total. The van der Waals surface area contributed by atoms with Crippen molar-refractivity contribution < 1.29 is 18.5 Å². The molecule has 0 radical (unpaired) electrons. The predicted octanol–water partition coefficient (Wildman–Crippen LogP) is 4.07. The van der Waals surface area contributed by atoms with Crippen LogP contribution in [0.2, 0.25) is 0 Å². The van der Waals surface area contributed by atoms with Crippen LogP contribution < -0.4 is 4.74 Å². The van der Waals surface area contributed by atoms with Gasteiger partial charge in [0.15, 0.2) is 5.76 Å². The minimum absolute atomic E-state index is 0.0817. The van der Waals surface area contributed by atoms with Crippen molar-refractivity contribution in [3.8, 4) is 17.1 Å². The van der Waals surface area contributed by atoms with E-state index in [1.54, 1.807) is 7.11 Å². The molecule has 0 saturated carbocycles. The Bertz CT molecular complexity index is 1280. The summed E-state index contributed by atoms with van der Waals surface area (Å²) in [5.74, 6) is 2.22. The Morgan fingerprint density at radius 2 is 1.82 bits per heavy atom. The number of fused-ring (bicyclic) bond motifs is 1. The average molecular weight is 447 g/mol. The monoisotopic (exact) mass is 446 g/mol. The van der Waals surface area contributed by atoms with Gasteiger partial charge < -0.3 is 18.6 Å². The Kier molecular flexibility index (Phi) is 5.60. The van der Waals surface area contributed by atoms with E-state index in [9.17, 15) is 4.79 Å². The number of carbonyl (C=O) groups is 1. The Hall–Kier alpha value is -3.65. The van der Waals surface area contributed by atoms with Gasteiger partial charge in [-0.3, -0.25) is 9.69 Å². The van der Waals surface area contributed by atoms with Crippen LogP contribution in [0.5, 0.6) is 5.75 Å². The molecule has 8 nitrogen and oxygen atoms in total. The van der Waals surface area contributed by atoms with E-state index in [0.29, 0.717) is 42.7 Å². The summed E-state index contributed by atoms with van der Waals surface area (Å²) in [4.78, 5) is 21.7. The van der Waals surface area contributed by atoms with Crippen molar-refractivity contribution in [2.75, 3.05) is 33.3 Å². The number of methoxy groups -OCH3 is 1. The quantitative estimate of drug-likeness (QED) is 0.457. The molecular formula is C25H26N4O4. The first kappa shape index (κ1) is 21.2. The lowest BCUT2D eigenvalue weighted by atomic mass is 10.1. The summed E-state index contributed by atoms with van der Waals surface area (Å²) in [6.45, 7) is 7.18. The summed E-state index contributed by atoms with van der Waals surface area (Å²) >= 11 is 0. The van der Waals surface area contributed by atoms with Gasteiger partial charge in [0.2, 0.25) is 11.7 Å². The maximum atomic E-state index is 13.1. The van der Waals surface area contributed by atoms with Gasteiger partial charge in [0.05, 0.1) is 13.7 Å². The van der Waals surface area contributed by atoms with E-state index in [-0.39, 0.29) is 5.91 Å². The molecule has 0 spiro atoms. The van der Waals surface area contributed by atoms with Gasteiger partial charge in [0.1, 0.15) is 11.3 Å². The molecule has 0 atom stereocenters. The number of nitrogens with zero attached hydrogens (tertiary/aromatic N) is 4. The second kappa shape index (κ2) is 8.71. The van der Waals surface area contributed by atoms with Crippen LogP contribution in [0.1, 0.15) is 27.6 Å². The van der Waals surface area contributed by atoms with E-state index in [0.717, 1.165) is 35.4 Å². The maximum absolute atomic E-state index is 13.1. The van der Waals surface area contributed by atoms with Crippen LogP contribution in [0.3, 0.4) is 0 Å². The van der Waals surface area contributed by atoms with Crippen LogP contribution in [0.4, 0.5) is 0 Å². The molecule has 1 fully saturated rings. The SMILES string of the molecule is COc1ccc2oc(C(=O)N3CCN(Cc4nc(-c5ccc(C)cc5)no4)CC3)c(C)c2c1. The van der Waals surface area contributed by atoms with Gasteiger partial charge in [-0.1, -0.05) is 35.0 Å². The highest BCUT2D eigenvalue weighted by Crippen LogP contribution is 2.29. The summed E-state index contributed by atoms with van der Waals surface area (Å²) in [6, 6.07) is 13.6. The van der Waals surface area contributed by atoms with Crippen molar-refractivity contribution in [1.82, 2.24) is 19.9 Å². The second-order valence-corrected chi connectivity index (χ2v) is 8.36. The Balaban J connectivity index is 1.22. The minimum atomic E-state index is -0.0817. The van der Waals surface area contributed by atoms with Crippen LogP contribution in [-0.4, -0.2) is 59.1 Å². The highest BCUT2D eigenvalue weighted by molar-refractivity contribution is 5.99. The van der Waals surface area contributed by atoms with Crippen LogP contribution in [0.25, 0.3) is 22.4 Å². The Morgan fingerprint density at radius 3 is 2.55 bits per heavy atom. The molecular weight excluding hydrogens is 420 g/mol. The number of ether oxygens (including phenoxy) is 1. The molecule has 0 bridgehead atoms. The summed E-state index contributed by atoms with van der Waals surface area (Å²) < 4.78 is 16.6. The van der Waals surface area contributed by atoms with Gasteiger partial charge in [0, 0.05) is 42.7 Å². The highest BCUT2D eigenvalue weighted by atomic mass is 16.5. The number of hydrogen-bond donors (Lipinski definition) is 0. The molecule has 1 saturated heterocycles. The van der Waals surface area contributed by atoms with Gasteiger partial charge in [-0.05, 0) is 32.0 Å². The first-order valence-corrected chi connectivity index (χ1v) is 11.0. The van der Waals surface area contributed by atoms with Crippen LogP contribution in [-0.2, 0) is 6.54 Å². The van der Waals surface area contributed by atoms with Crippen molar-refractivity contribution in [2.45, 2.75) is 20.4 Å². The van der Waals surface area contributed by atoms with Gasteiger partial charge in [-0.15, -0.1) is 0 Å². The standard InChI is InChI=1S/C25H26N4O4/c1-16-4-6-18(7-5-16)24-26-22(33-27-24)15-28-10-12-29(13-11-28)25(30)23-17(2)20-14-19(31-3)8-9-21(20)32-23/h4-9,14H,10-13,15H2,1-3H3. The molecule has 3 heterocycles. The highest BCUT2D eigenvalue weighted by Gasteiger charge is 2.27. The number of amides is 1. The predicted molar refractivity (Wildman–Crippen MR) is 123 cm³/mol. The van der Waals surface area contributed by atoms with E-state index in [1.807, 2.05) is 61.2 Å². The van der Waals surface area contributed by atoms with Crippen molar-refractivity contribution >= 4 is 16.9 Å². The first-order chi connectivity index (χ1) is 16.0. The number of hydrogen-bond acceptors (Lipinski definition) is 7. The second-order valence-electron chi connectivity index (χ2n) is 8.36. The number of carbonyl (C=O) groups excluding carboxylic acids is 1. The van der Waals surface area contributed by atoms with Crippen molar-refractivity contribution in [3.05, 3.63) is 65.2 Å². The number of rotatable bonds is 5. The number of aryl methyl sites for hydroxylation is 2. The minimum Gasteiger partial charge on any atom is -0.497 e. The van der Waals surface area contributed by atoms with E-state index in [2.05, 4.69) is 15.0 Å². The molecule has 0 aliphatic carbocycles.